The third-order valence-electron chi connectivity index (χ3n) is 4.60. The fourth-order valence-corrected chi connectivity index (χ4v) is 3.20. The maximum Gasteiger partial charge on any atom is 0.306 e. The molecule has 1 aliphatic heterocycles. The van der Waals surface area contributed by atoms with E-state index in [2.05, 4.69) is 25.3 Å². The zero-order chi connectivity index (χ0) is 22.0. The van der Waals surface area contributed by atoms with Gasteiger partial charge in [0.2, 0.25) is 11.6 Å². The van der Waals surface area contributed by atoms with E-state index in [1.54, 1.807) is 16.7 Å². The average Bonchev–Trinajstić information content (AvgIpc) is 3.24. The van der Waals surface area contributed by atoms with Crippen molar-refractivity contribution >= 4 is 34.5 Å². The summed E-state index contributed by atoms with van der Waals surface area (Å²) in [4.78, 5) is 39.7. The Balaban J connectivity index is 1.83. The Labute approximate surface area is 175 Å². The minimum absolute atomic E-state index is 0.0258. The molecule has 0 spiro atoms. The van der Waals surface area contributed by atoms with Crippen LogP contribution in [0.25, 0.3) is 10.9 Å². The number of anilines is 2. The van der Waals surface area contributed by atoms with Gasteiger partial charge in [0.15, 0.2) is 11.5 Å². The molecule has 0 atom stereocenters. The van der Waals surface area contributed by atoms with Crippen molar-refractivity contribution in [2.75, 3.05) is 31.3 Å². The summed E-state index contributed by atoms with van der Waals surface area (Å²) in [5.41, 5.74) is 6.24. The van der Waals surface area contributed by atoms with Crippen LogP contribution in [0.3, 0.4) is 0 Å². The molecule has 12 nitrogen and oxygen atoms in total. The van der Waals surface area contributed by atoms with E-state index in [-0.39, 0.29) is 30.2 Å². The molecule has 0 saturated heterocycles. The van der Waals surface area contributed by atoms with Crippen molar-refractivity contribution in [3.63, 3.8) is 0 Å². The van der Waals surface area contributed by atoms with E-state index >= 15 is 0 Å². The first-order chi connectivity index (χ1) is 15.0. The highest BCUT2D eigenvalue weighted by Gasteiger charge is 2.21. The van der Waals surface area contributed by atoms with Gasteiger partial charge in [0, 0.05) is 30.9 Å². The normalized spacial score (nSPS) is 13.0. The number of hydrogen-bond acceptors (Lipinski definition) is 9. The molecule has 3 aromatic rings. The summed E-state index contributed by atoms with van der Waals surface area (Å²) in [5.74, 6) is -0.0834. The molecule has 0 aliphatic carbocycles. The van der Waals surface area contributed by atoms with Crippen LogP contribution in [-0.2, 0) is 11.3 Å². The van der Waals surface area contributed by atoms with E-state index in [0.29, 0.717) is 30.1 Å². The quantitative estimate of drug-likeness (QED) is 0.504. The van der Waals surface area contributed by atoms with E-state index in [1.807, 2.05) is 0 Å². The van der Waals surface area contributed by atoms with Crippen LogP contribution in [0.2, 0.25) is 0 Å². The number of carboxylic acid groups (broad SMARTS) is 1. The Morgan fingerprint density at radius 3 is 2.81 bits per heavy atom. The van der Waals surface area contributed by atoms with Crippen molar-refractivity contribution in [2.24, 2.45) is 4.99 Å². The van der Waals surface area contributed by atoms with Crippen molar-refractivity contribution in [3.8, 4) is 11.5 Å². The Morgan fingerprint density at radius 2 is 2.10 bits per heavy atom. The lowest BCUT2D eigenvalue weighted by molar-refractivity contribution is -0.137. The van der Waals surface area contributed by atoms with Crippen LogP contribution in [-0.4, -0.2) is 56.8 Å². The largest absolute Gasteiger partial charge is 0.491 e. The lowest BCUT2D eigenvalue weighted by atomic mass is 10.2. The van der Waals surface area contributed by atoms with E-state index in [0.717, 1.165) is 11.2 Å². The van der Waals surface area contributed by atoms with Gasteiger partial charge in [-0.25, -0.2) is 15.0 Å². The highest BCUT2D eigenvalue weighted by atomic mass is 16.5. The summed E-state index contributed by atoms with van der Waals surface area (Å²) in [6, 6.07) is 3.49. The van der Waals surface area contributed by atoms with E-state index in [1.165, 1.54) is 19.5 Å². The molecule has 1 aromatic carbocycles. The van der Waals surface area contributed by atoms with Crippen molar-refractivity contribution in [3.05, 3.63) is 35.7 Å². The monoisotopic (exact) mass is 425 g/mol. The molecule has 12 heteroatoms. The van der Waals surface area contributed by atoms with Crippen molar-refractivity contribution in [2.45, 2.75) is 13.0 Å². The number of nitrogens with two attached hydrogens (primary N) is 1. The molecule has 0 bridgehead atoms. The van der Waals surface area contributed by atoms with Gasteiger partial charge in [-0.3, -0.25) is 14.2 Å². The van der Waals surface area contributed by atoms with E-state index in [9.17, 15) is 9.59 Å². The molecule has 0 saturated carbocycles. The second kappa shape index (κ2) is 8.26. The fraction of sp³-hybridized carbons (Fsp3) is 0.263. The van der Waals surface area contributed by atoms with Crippen LogP contribution >= 0.6 is 0 Å². The van der Waals surface area contributed by atoms with Crippen molar-refractivity contribution in [1.29, 1.82) is 0 Å². The minimum Gasteiger partial charge on any atom is -0.491 e. The first kappa shape index (κ1) is 20.1. The number of carboxylic acids is 1. The molecule has 0 radical (unpaired) electrons. The molecular formula is C19H19N7O5. The molecule has 1 amide bonds. The lowest BCUT2D eigenvalue weighted by Crippen LogP contribution is -2.25. The molecule has 3 heterocycles. The van der Waals surface area contributed by atoms with Gasteiger partial charge in [0.25, 0.3) is 5.91 Å². The van der Waals surface area contributed by atoms with E-state index < -0.39 is 11.9 Å². The third-order valence-corrected chi connectivity index (χ3v) is 4.60. The van der Waals surface area contributed by atoms with E-state index in [4.69, 9.17) is 20.3 Å². The predicted octanol–water partition coefficient (Wildman–Crippen LogP) is 0.437. The SMILES string of the molecule is COc1c(OCCC(=O)O)ccc2c3n(c(=NC(=O)c4cnc(N)nc4)nc12)CCN3. The Bertz CT molecular complexity index is 1240. The van der Waals surface area contributed by atoms with Gasteiger partial charge >= 0.3 is 5.97 Å². The van der Waals surface area contributed by atoms with Gasteiger partial charge in [-0.2, -0.15) is 4.99 Å². The van der Waals surface area contributed by atoms with Crippen LogP contribution in [0, 0.1) is 0 Å². The number of carbonyl (C=O) groups is 2. The van der Waals surface area contributed by atoms with Gasteiger partial charge in [-0.05, 0) is 12.1 Å². The van der Waals surface area contributed by atoms with Crippen LogP contribution in [0.5, 0.6) is 11.5 Å². The average molecular weight is 425 g/mol. The number of carbonyl (C=O) groups excluding carboxylic acids is 1. The number of methoxy groups -OCH3 is 1. The van der Waals surface area contributed by atoms with Gasteiger partial charge in [0.05, 0.1) is 25.7 Å². The molecular weight excluding hydrogens is 406 g/mol. The summed E-state index contributed by atoms with van der Waals surface area (Å²) >= 11 is 0. The minimum atomic E-state index is -0.970. The van der Waals surface area contributed by atoms with Crippen LogP contribution in [0.4, 0.5) is 11.8 Å². The third kappa shape index (κ3) is 3.95. The zero-order valence-corrected chi connectivity index (χ0v) is 16.5. The number of benzene rings is 1. The van der Waals surface area contributed by atoms with Gasteiger partial charge < -0.3 is 25.6 Å². The molecule has 0 fully saturated rings. The predicted molar refractivity (Wildman–Crippen MR) is 109 cm³/mol. The molecule has 31 heavy (non-hydrogen) atoms. The molecule has 1 aliphatic rings. The summed E-state index contributed by atoms with van der Waals surface area (Å²) in [7, 11) is 1.46. The first-order valence-electron chi connectivity index (χ1n) is 9.34. The number of ether oxygens (including phenoxy) is 2. The standard InChI is InChI=1S/C19H19N7O5/c1-30-15-12(31-7-4-13(27)28)3-2-11-14(15)24-19(26-6-5-21-16(11)26)25-17(29)10-8-22-18(20)23-9-10/h2-3,8-9,21H,4-7H2,1H3,(H,27,28)(H2,20,22,23). The number of aromatic nitrogens is 4. The highest BCUT2D eigenvalue weighted by Crippen LogP contribution is 2.37. The first-order valence-corrected chi connectivity index (χ1v) is 9.34. The van der Waals surface area contributed by atoms with Crippen molar-refractivity contribution < 1.29 is 24.2 Å². The Hall–Kier alpha value is -4.22. The number of amides is 1. The van der Waals surface area contributed by atoms with Crippen LogP contribution in [0.1, 0.15) is 16.8 Å². The molecule has 0 unspecified atom stereocenters. The number of hydrogen-bond donors (Lipinski definition) is 3. The molecule has 4 N–H and O–H groups in total. The summed E-state index contributed by atoms with van der Waals surface area (Å²) in [6.45, 7) is 1.19. The molecule has 4 rings (SSSR count). The topological polar surface area (TPSA) is 167 Å². The fourth-order valence-electron chi connectivity index (χ4n) is 3.20. The number of nitrogens with one attached hydrogen (secondary N) is 1. The number of nitrogens with zero attached hydrogens (tertiary/aromatic N) is 5. The summed E-state index contributed by atoms with van der Waals surface area (Å²) in [6.07, 6.45) is 2.44. The second-order valence-corrected chi connectivity index (χ2v) is 6.57. The smallest absolute Gasteiger partial charge is 0.306 e. The Morgan fingerprint density at radius 1 is 1.32 bits per heavy atom. The maximum atomic E-state index is 12.6. The second-order valence-electron chi connectivity index (χ2n) is 6.57. The maximum absolute atomic E-state index is 12.6. The molecule has 2 aromatic heterocycles. The lowest BCUT2D eigenvalue weighted by Gasteiger charge is -2.14. The van der Waals surface area contributed by atoms with Gasteiger partial charge in [-0.1, -0.05) is 0 Å². The number of aliphatic carboxylic acids is 1. The number of rotatable bonds is 6. The van der Waals surface area contributed by atoms with Crippen molar-refractivity contribution in [1.82, 2.24) is 19.5 Å². The number of fused-ring (bicyclic) bond motifs is 3. The van der Waals surface area contributed by atoms with Gasteiger partial charge in [-0.15, -0.1) is 0 Å². The number of nitrogen functional groups attached to an aromatic ring is 1. The van der Waals surface area contributed by atoms with Crippen LogP contribution < -0.4 is 26.1 Å². The highest BCUT2D eigenvalue weighted by molar-refractivity contribution is 5.96. The van der Waals surface area contributed by atoms with Gasteiger partial charge in [0.1, 0.15) is 11.3 Å². The molecule has 160 valence electrons. The summed E-state index contributed by atoms with van der Waals surface area (Å²) < 4.78 is 12.9. The zero-order valence-electron chi connectivity index (χ0n) is 16.5. The Kier molecular flexibility index (Phi) is 5.35. The summed E-state index contributed by atoms with van der Waals surface area (Å²) in [5, 5.41) is 12.9. The van der Waals surface area contributed by atoms with Crippen LogP contribution in [0.15, 0.2) is 29.5 Å².